The van der Waals surface area contributed by atoms with E-state index < -0.39 is 68.5 Å². The zero-order valence-corrected chi connectivity index (χ0v) is 30.8. The Kier molecular flexibility index (Phi) is 16.7. The van der Waals surface area contributed by atoms with E-state index in [9.17, 15) is 19.0 Å². The first-order chi connectivity index (χ1) is 20.2. The van der Waals surface area contributed by atoms with Crippen LogP contribution in [-0.2, 0) is 66.0 Å². The molecule has 4 aliphatic rings. The van der Waals surface area contributed by atoms with Gasteiger partial charge in [0.2, 0.25) is 11.9 Å². The number of carbonyl (C=O) groups excluding carboxylic acids is 1. The smallest absolute Gasteiger partial charge is 1.00 e. The van der Waals surface area contributed by atoms with E-state index in [4.69, 9.17) is 52.1 Å². The van der Waals surface area contributed by atoms with Crippen LogP contribution in [0.15, 0.2) is 0 Å². The Morgan fingerprint density at radius 2 is 1.17 bits per heavy atom. The molecule has 4 fully saturated rings. The maximum absolute atomic E-state index is 12.3. The number of hydrogen-bond acceptors (Lipinski definition) is 15. The molecule has 3 radical (unpaired) electrons. The van der Waals surface area contributed by atoms with Crippen LogP contribution in [0.25, 0.3) is 0 Å². The minimum atomic E-state index is -2.85. The standard InChI is InChI=1S/C15H27O8P.C12H23O7P.B.Li.H/c1-7-19-12(16)14(24(5,6)17)20-8-9-10-11(13(18-4)21-9)23-15(2,3)22-10;1-12(2)18-8-7(6-16-11(13)20(4,5)14)17-10(15-3)9(8)19-12;;;/h9-11,13-14H,7-8H2,1-6H3;7-11,13H,6H2,1-5H3;;;/q;;;+1;-1/t9-,10-,11-,13?,14?;7-,8-,9-,10?,11?;;;/m11.../s1. The molecule has 0 amide bonds. The first kappa shape index (κ1) is 44.2. The minimum Gasteiger partial charge on any atom is -1.00 e. The van der Waals surface area contributed by atoms with Crippen LogP contribution in [0.4, 0.5) is 0 Å². The van der Waals surface area contributed by atoms with E-state index in [0.29, 0.717) is 0 Å². The molecule has 1 N–H and O–H groups in total. The van der Waals surface area contributed by atoms with Gasteiger partial charge in [0.15, 0.2) is 24.2 Å². The molecule has 0 saturated carbocycles. The number of aliphatic hydroxyl groups excluding tert-OH is 1. The van der Waals surface area contributed by atoms with Crippen molar-refractivity contribution in [3.8, 4) is 0 Å². The average Bonchev–Trinajstić information content (AvgIpc) is 3.58. The summed E-state index contributed by atoms with van der Waals surface area (Å²) in [6.07, 6.45) is -3.50. The van der Waals surface area contributed by atoms with Crippen LogP contribution in [0.5, 0.6) is 0 Å². The summed E-state index contributed by atoms with van der Waals surface area (Å²) in [4.78, 5) is 12.0. The maximum atomic E-state index is 12.3. The van der Waals surface area contributed by atoms with E-state index in [1.165, 1.54) is 40.9 Å². The van der Waals surface area contributed by atoms with Crippen LogP contribution in [0, 0.1) is 0 Å². The van der Waals surface area contributed by atoms with Crippen molar-refractivity contribution in [2.24, 2.45) is 0 Å². The number of hydrogen-bond donors (Lipinski definition) is 1. The Morgan fingerprint density at radius 1 is 0.783 bits per heavy atom. The minimum absolute atomic E-state index is 0. The van der Waals surface area contributed by atoms with E-state index in [1.807, 2.05) is 27.7 Å². The van der Waals surface area contributed by atoms with E-state index in [-0.39, 0.29) is 72.9 Å². The summed E-state index contributed by atoms with van der Waals surface area (Å²) < 4.78 is 84.8. The van der Waals surface area contributed by atoms with Crippen molar-refractivity contribution in [3.05, 3.63) is 0 Å². The second kappa shape index (κ2) is 17.4. The summed E-state index contributed by atoms with van der Waals surface area (Å²) in [6.45, 7) is 15.1. The summed E-state index contributed by atoms with van der Waals surface area (Å²) in [6, 6.07) is -1.30. The molecule has 4 heterocycles. The predicted octanol–water partition coefficient (Wildman–Crippen LogP) is -1.06. The molecule has 4 unspecified atom stereocenters. The number of methoxy groups -OCH3 is 2. The molecule has 0 bridgehead atoms. The molecule has 15 nitrogen and oxygen atoms in total. The maximum Gasteiger partial charge on any atom is 1.00 e. The number of aliphatic hydroxyl groups is 1. The SMILES string of the molecule is CCOC(=O)C(OC[C@H]1OC(OC)[C@@H]2OC(C)(C)O[C@H]12)P(C)(C)=O.COC1O[C@H](COC(O)P(C)(C)=O)[C@H]2OC(C)(C)O[C@@H]12.[B].[H-].[Li+]. The third kappa shape index (κ3) is 11.3. The Balaban J connectivity index is 0.000000858. The summed E-state index contributed by atoms with van der Waals surface area (Å²) >= 11 is 0. The van der Waals surface area contributed by atoms with E-state index >= 15 is 0 Å². The number of ether oxygens (including phenoxy) is 11. The van der Waals surface area contributed by atoms with E-state index in [1.54, 1.807) is 6.92 Å². The van der Waals surface area contributed by atoms with Crippen molar-refractivity contribution in [2.75, 3.05) is 60.7 Å². The molecule has 0 aromatic carbocycles. The van der Waals surface area contributed by atoms with Crippen LogP contribution < -0.4 is 18.9 Å². The van der Waals surface area contributed by atoms with Gasteiger partial charge in [-0.1, -0.05) is 0 Å². The van der Waals surface area contributed by atoms with Crippen molar-refractivity contribution in [1.29, 1.82) is 0 Å². The van der Waals surface area contributed by atoms with Crippen LogP contribution in [0.1, 0.15) is 36.0 Å². The monoisotopic (exact) mass is 695 g/mol. The van der Waals surface area contributed by atoms with Gasteiger partial charge in [0, 0.05) is 22.6 Å². The molecule has 263 valence electrons. The molecular formula is C27H51BLiO15P2. The van der Waals surface area contributed by atoms with Gasteiger partial charge in [-0.25, -0.2) is 4.79 Å². The molecule has 4 aliphatic heterocycles. The van der Waals surface area contributed by atoms with Crippen molar-refractivity contribution < 1.29 is 91.4 Å². The zero-order chi connectivity index (χ0) is 33.3. The van der Waals surface area contributed by atoms with Gasteiger partial charge in [-0.15, -0.1) is 0 Å². The van der Waals surface area contributed by atoms with Crippen LogP contribution in [0.2, 0.25) is 0 Å². The summed E-state index contributed by atoms with van der Waals surface area (Å²) in [5.74, 6) is -3.22. The van der Waals surface area contributed by atoms with E-state index in [2.05, 4.69) is 0 Å². The number of rotatable bonds is 12. The second-order valence-electron chi connectivity index (χ2n) is 12.7. The summed E-state index contributed by atoms with van der Waals surface area (Å²) in [5.41, 5.74) is 0. The Bertz CT molecular complexity index is 1080. The largest absolute Gasteiger partial charge is 1.00 e. The van der Waals surface area contributed by atoms with Gasteiger partial charge in [-0.05, 0) is 61.3 Å². The third-order valence-electron chi connectivity index (χ3n) is 7.09. The molecule has 4 rings (SSSR count). The van der Waals surface area contributed by atoms with Crippen LogP contribution >= 0.6 is 14.3 Å². The molecule has 0 spiro atoms. The third-order valence-corrected chi connectivity index (χ3v) is 9.79. The summed E-state index contributed by atoms with van der Waals surface area (Å²) in [5, 5.41) is 9.67. The topological polar surface area (TPSA) is 173 Å². The van der Waals surface area contributed by atoms with Crippen LogP contribution in [-0.4, -0.2) is 153 Å². The number of esters is 1. The Hall–Kier alpha value is 0.152. The van der Waals surface area contributed by atoms with Crippen molar-refractivity contribution >= 4 is 28.7 Å². The van der Waals surface area contributed by atoms with Gasteiger partial charge in [0.25, 0.3) is 0 Å². The van der Waals surface area contributed by atoms with Crippen molar-refractivity contribution in [3.63, 3.8) is 0 Å². The Labute approximate surface area is 287 Å². The fraction of sp³-hybridized carbons (Fsp3) is 0.963. The summed E-state index contributed by atoms with van der Waals surface area (Å²) in [7, 11) is -2.51. The van der Waals surface area contributed by atoms with Gasteiger partial charge in [-0.2, -0.15) is 0 Å². The van der Waals surface area contributed by atoms with Crippen molar-refractivity contribution in [2.45, 2.75) is 107 Å². The van der Waals surface area contributed by atoms with Gasteiger partial charge in [0.05, 0.1) is 19.8 Å². The van der Waals surface area contributed by atoms with E-state index in [0.717, 1.165) is 0 Å². The van der Waals surface area contributed by atoms with Gasteiger partial charge < -0.3 is 67.8 Å². The van der Waals surface area contributed by atoms with Crippen molar-refractivity contribution in [1.82, 2.24) is 0 Å². The quantitative estimate of drug-likeness (QED) is 0.113. The number of carbonyl (C=O) groups is 1. The average molecular weight is 695 g/mol. The molecule has 46 heavy (non-hydrogen) atoms. The molecule has 0 aliphatic carbocycles. The molecular weight excluding hydrogens is 644 g/mol. The fourth-order valence-electron chi connectivity index (χ4n) is 5.19. The predicted molar refractivity (Wildman–Crippen MR) is 163 cm³/mol. The van der Waals surface area contributed by atoms with Gasteiger partial charge in [0.1, 0.15) is 50.9 Å². The molecule has 4 saturated heterocycles. The van der Waals surface area contributed by atoms with Crippen LogP contribution in [0.3, 0.4) is 0 Å². The zero-order valence-electron chi connectivity index (χ0n) is 30.0. The molecule has 0 aromatic heterocycles. The normalized spacial score (nSPS) is 33.8. The fourth-order valence-corrected chi connectivity index (χ4v) is 6.67. The molecule has 0 aromatic rings. The number of fused-ring (bicyclic) bond motifs is 2. The molecule has 19 heteroatoms. The Morgan fingerprint density at radius 3 is 1.52 bits per heavy atom. The van der Waals surface area contributed by atoms with Gasteiger partial charge >= 0.3 is 24.8 Å². The first-order valence-corrected chi connectivity index (χ1v) is 19.8. The second-order valence-corrected chi connectivity index (χ2v) is 19.3. The molecule has 10 atom stereocenters. The first-order valence-electron chi connectivity index (χ1n) is 14.5. The van der Waals surface area contributed by atoms with Gasteiger partial charge in [-0.3, -0.25) is 0 Å².